The Morgan fingerprint density at radius 1 is 0.255 bits per heavy atom. The Labute approximate surface area is 575 Å². The van der Waals surface area contributed by atoms with Crippen LogP contribution in [0.2, 0.25) is 0 Å². The largest absolute Gasteiger partial charge is 0.472 e. The minimum atomic E-state index is -4.95. The van der Waals surface area contributed by atoms with Gasteiger partial charge in [-0.05, 0) is 25.7 Å². The zero-order valence-electron chi connectivity index (χ0n) is 60.9. The fourth-order valence-electron chi connectivity index (χ4n) is 11.6. The van der Waals surface area contributed by atoms with Crippen LogP contribution in [0.1, 0.15) is 400 Å². The number of unbranched alkanes of at least 4 members (excludes halogenated alkanes) is 50. The van der Waals surface area contributed by atoms with Crippen LogP contribution in [0.4, 0.5) is 0 Å². The summed E-state index contributed by atoms with van der Waals surface area (Å²) in [4.78, 5) is 72.8. The molecule has 0 heterocycles. The van der Waals surface area contributed by atoms with E-state index in [4.69, 9.17) is 37.0 Å². The number of carbonyl (C=O) groups excluding carboxylic acids is 4. The van der Waals surface area contributed by atoms with Crippen molar-refractivity contribution in [3.8, 4) is 0 Å². The first-order chi connectivity index (χ1) is 45.7. The topological polar surface area (TPSA) is 237 Å². The third kappa shape index (κ3) is 68.6. The van der Waals surface area contributed by atoms with Crippen molar-refractivity contribution in [2.75, 3.05) is 39.6 Å². The van der Waals surface area contributed by atoms with Gasteiger partial charge in [0.05, 0.1) is 26.4 Å². The first-order valence-electron chi connectivity index (χ1n) is 39.3. The molecule has 0 saturated heterocycles. The van der Waals surface area contributed by atoms with E-state index in [1.54, 1.807) is 0 Å². The average molecular weight is 1380 g/mol. The SMILES string of the molecule is CCCCCCCCCCCCCCCCCC(=O)OC[C@H](COP(=O)(O)OC[C@@H](O)COP(=O)(O)OC[C@@H](COC(=O)CCCCCCCCCCCCCCC)OC(=O)CCCCCCCCCCCCC)OC(=O)CCCCCCCCCCCCCCCCC. The van der Waals surface area contributed by atoms with Gasteiger partial charge in [-0.1, -0.05) is 349 Å². The van der Waals surface area contributed by atoms with Crippen molar-refractivity contribution < 1.29 is 80.2 Å². The van der Waals surface area contributed by atoms with Crippen molar-refractivity contribution in [2.45, 2.75) is 418 Å². The van der Waals surface area contributed by atoms with Crippen LogP contribution in [0.3, 0.4) is 0 Å². The van der Waals surface area contributed by atoms with Gasteiger partial charge >= 0.3 is 39.5 Å². The molecule has 2 unspecified atom stereocenters. The molecule has 19 heteroatoms. The number of rotatable bonds is 76. The summed E-state index contributed by atoms with van der Waals surface area (Å²) in [5, 5.41) is 10.6. The lowest BCUT2D eigenvalue weighted by Crippen LogP contribution is -2.30. The highest BCUT2D eigenvalue weighted by Crippen LogP contribution is 2.45. The predicted molar refractivity (Wildman–Crippen MR) is 382 cm³/mol. The molecule has 0 aliphatic carbocycles. The number of ether oxygens (including phenoxy) is 4. The number of carbonyl (C=O) groups is 4. The lowest BCUT2D eigenvalue weighted by Gasteiger charge is -2.21. The molecule has 0 rings (SSSR count). The minimum Gasteiger partial charge on any atom is -0.462 e. The number of phosphoric ester groups is 2. The third-order valence-electron chi connectivity index (χ3n) is 17.6. The smallest absolute Gasteiger partial charge is 0.462 e. The molecule has 0 aliphatic rings. The molecule has 94 heavy (non-hydrogen) atoms. The Bertz CT molecular complexity index is 1790. The maximum atomic E-state index is 13.1. The van der Waals surface area contributed by atoms with E-state index in [2.05, 4.69) is 27.7 Å². The van der Waals surface area contributed by atoms with Crippen LogP contribution in [-0.2, 0) is 65.4 Å². The van der Waals surface area contributed by atoms with Gasteiger partial charge in [-0.25, -0.2) is 9.13 Å². The van der Waals surface area contributed by atoms with Crippen LogP contribution < -0.4 is 0 Å². The molecule has 0 aromatic heterocycles. The molecule has 3 N–H and O–H groups in total. The van der Waals surface area contributed by atoms with Gasteiger partial charge in [0.25, 0.3) is 0 Å². The van der Waals surface area contributed by atoms with E-state index in [-0.39, 0.29) is 25.7 Å². The van der Waals surface area contributed by atoms with Gasteiger partial charge in [0.1, 0.15) is 19.3 Å². The lowest BCUT2D eigenvalue weighted by atomic mass is 10.0. The second-order valence-electron chi connectivity index (χ2n) is 27.0. The molecule has 0 aliphatic heterocycles. The van der Waals surface area contributed by atoms with Gasteiger partial charge < -0.3 is 33.8 Å². The van der Waals surface area contributed by atoms with Crippen molar-refractivity contribution in [1.29, 1.82) is 0 Å². The number of aliphatic hydroxyl groups excluding tert-OH is 1. The summed E-state index contributed by atoms with van der Waals surface area (Å²) in [5.74, 6) is -2.11. The van der Waals surface area contributed by atoms with E-state index in [0.717, 1.165) is 89.9 Å². The predicted octanol–water partition coefficient (Wildman–Crippen LogP) is 22.2. The molecular weight excluding hydrogens is 1230 g/mol. The van der Waals surface area contributed by atoms with Crippen LogP contribution in [0.15, 0.2) is 0 Å². The van der Waals surface area contributed by atoms with E-state index >= 15 is 0 Å². The highest BCUT2D eigenvalue weighted by atomic mass is 31.2. The molecule has 0 spiro atoms. The Hall–Kier alpha value is -1.94. The van der Waals surface area contributed by atoms with Crippen molar-refractivity contribution in [1.82, 2.24) is 0 Å². The van der Waals surface area contributed by atoms with E-state index < -0.39 is 97.5 Å². The Kier molecular flexibility index (Phi) is 68.1. The summed E-state index contributed by atoms with van der Waals surface area (Å²) in [6.07, 6.45) is 59.4. The van der Waals surface area contributed by atoms with Crippen LogP contribution in [0, 0.1) is 0 Å². The Morgan fingerprint density at radius 2 is 0.426 bits per heavy atom. The summed E-state index contributed by atoms with van der Waals surface area (Å²) < 4.78 is 68.5. The summed E-state index contributed by atoms with van der Waals surface area (Å²) in [7, 11) is -9.91. The van der Waals surface area contributed by atoms with Gasteiger partial charge in [0.2, 0.25) is 0 Å². The van der Waals surface area contributed by atoms with Crippen LogP contribution in [0.5, 0.6) is 0 Å². The highest BCUT2D eigenvalue weighted by molar-refractivity contribution is 7.47. The van der Waals surface area contributed by atoms with Gasteiger partial charge in [-0.15, -0.1) is 0 Å². The number of aliphatic hydroxyl groups is 1. The summed E-state index contributed by atoms with van der Waals surface area (Å²) in [6, 6.07) is 0. The minimum absolute atomic E-state index is 0.108. The maximum Gasteiger partial charge on any atom is 0.472 e. The highest BCUT2D eigenvalue weighted by Gasteiger charge is 2.30. The normalized spacial score (nSPS) is 13.9. The van der Waals surface area contributed by atoms with Crippen molar-refractivity contribution in [3.63, 3.8) is 0 Å². The molecule has 5 atom stereocenters. The number of hydrogen-bond acceptors (Lipinski definition) is 15. The second kappa shape index (κ2) is 69.5. The molecule has 558 valence electrons. The zero-order valence-corrected chi connectivity index (χ0v) is 62.7. The first-order valence-corrected chi connectivity index (χ1v) is 42.3. The van der Waals surface area contributed by atoms with Gasteiger partial charge in [-0.2, -0.15) is 0 Å². The number of esters is 4. The fraction of sp³-hybridized carbons (Fsp3) is 0.947. The van der Waals surface area contributed by atoms with Crippen LogP contribution in [0.25, 0.3) is 0 Å². The molecule has 0 fully saturated rings. The van der Waals surface area contributed by atoms with Crippen LogP contribution >= 0.6 is 15.6 Å². The molecule has 0 bridgehead atoms. The first kappa shape index (κ1) is 92.1. The van der Waals surface area contributed by atoms with Crippen molar-refractivity contribution >= 4 is 39.5 Å². The molecular formula is C75H146O17P2. The van der Waals surface area contributed by atoms with E-state index in [0.29, 0.717) is 25.7 Å². The number of phosphoric acid groups is 2. The number of hydrogen-bond donors (Lipinski definition) is 3. The Morgan fingerprint density at radius 3 is 0.628 bits per heavy atom. The standard InChI is InChI=1S/C75H146O17P2/c1-5-9-13-17-21-25-29-32-34-37-41-44-48-52-56-60-73(78)86-66-71(92-75(80)62-58-54-50-46-42-38-35-33-30-26-22-18-14-10-6-2)68-90-94(83,84)88-64-69(76)63-87-93(81,82)89-67-70(91-74(79)61-57-53-49-45-39-28-24-20-16-12-8-4)65-85-72(77)59-55-51-47-43-40-36-31-27-23-19-15-11-7-3/h69-71,76H,5-68H2,1-4H3,(H,81,82)(H,83,84)/t69-,70+,71+/m0/s1. The molecule has 0 aromatic carbocycles. The van der Waals surface area contributed by atoms with E-state index in [1.165, 1.54) is 231 Å². The summed E-state index contributed by atoms with van der Waals surface area (Å²) >= 11 is 0. The lowest BCUT2D eigenvalue weighted by molar-refractivity contribution is -0.161. The quantitative estimate of drug-likeness (QED) is 0.0222. The molecule has 0 radical (unpaired) electrons. The average Bonchev–Trinajstić information content (AvgIpc) is 1.36. The van der Waals surface area contributed by atoms with E-state index in [9.17, 15) is 43.2 Å². The molecule has 0 saturated carbocycles. The van der Waals surface area contributed by atoms with Gasteiger partial charge in [-0.3, -0.25) is 37.3 Å². The Balaban J connectivity index is 5.24. The third-order valence-corrected chi connectivity index (χ3v) is 19.5. The monoisotopic (exact) mass is 1380 g/mol. The zero-order chi connectivity index (χ0) is 69.0. The van der Waals surface area contributed by atoms with Gasteiger partial charge in [0.15, 0.2) is 12.2 Å². The molecule has 17 nitrogen and oxygen atoms in total. The second-order valence-corrected chi connectivity index (χ2v) is 29.9. The fourth-order valence-corrected chi connectivity index (χ4v) is 13.2. The summed E-state index contributed by atoms with van der Waals surface area (Å²) in [5.41, 5.74) is 0. The maximum absolute atomic E-state index is 13.1. The van der Waals surface area contributed by atoms with Gasteiger partial charge in [0, 0.05) is 25.7 Å². The van der Waals surface area contributed by atoms with Crippen LogP contribution in [-0.4, -0.2) is 96.7 Å². The van der Waals surface area contributed by atoms with E-state index in [1.807, 2.05) is 0 Å². The molecule has 0 aromatic rings. The van der Waals surface area contributed by atoms with Crippen molar-refractivity contribution in [3.05, 3.63) is 0 Å². The van der Waals surface area contributed by atoms with Crippen molar-refractivity contribution in [2.24, 2.45) is 0 Å². The molecule has 0 amide bonds. The summed E-state index contributed by atoms with van der Waals surface area (Å²) in [6.45, 7) is 4.99.